The van der Waals surface area contributed by atoms with Crippen LogP contribution in [0, 0.1) is 29.5 Å². The first-order valence-electron chi connectivity index (χ1n) is 14.9. The highest BCUT2D eigenvalue weighted by Crippen LogP contribution is 2.27. The van der Waals surface area contributed by atoms with Gasteiger partial charge in [0.15, 0.2) is 0 Å². The molecule has 0 aromatic carbocycles. The third-order valence-electron chi connectivity index (χ3n) is 7.16. The summed E-state index contributed by atoms with van der Waals surface area (Å²) < 4.78 is 23.8. The lowest BCUT2D eigenvalue weighted by Crippen LogP contribution is -2.47. The molecule has 0 unspecified atom stereocenters. The van der Waals surface area contributed by atoms with Crippen LogP contribution in [0.3, 0.4) is 0 Å². The van der Waals surface area contributed by atoms with E-state index in [9.17, 15) is 14.0 Å². The zero-order chi connectivity index (χ0) is 33.4. The molecule has 2 saturated heterocycles. The van der Waals surface area contributed by atoms with E-state index in [1.807, 2.05) is 45.9 Å². The van der Waals surface area contributed by atoms with Gasteiger partial charge in [0.25, 0.3) is 0 Å². The fraction of sp³-hybridized carbons (Fsp3) is 0.278. The summed E-state index contributed by atoms with van der Waals surface area (Å²) in [6, 6.07) is 12.2. The van der Waals surface area contributed by atoms with E-state index in [2.05, 4.69) is 43.6 Å². The van der Waals surface area contributed by atoms with Crippen molar-refractivity contribution in [2.24, 2.45) is 0 Å². The molecular formula is C36H33FN6O4. The van der Waals surface area contributed by atoms with Crippen LogP contribution in [0.25, 0.3) is 0 Å². The van der Waals surface area contributed by atoms with E-state index in [1.165, 1.54) is 17.2 Å². The minimum absolute atomic E-state index is 0.358. The van der Waals surface area contributed by atoms with E-state index in [4.69, 9.17) is 9.47 Å². The van der Waals surface area contributed by atoms with E-state index in [0.717, 1.165) is 30.2 Å². The van der Waals surface area contributed by atoms with Crippen LogP contribution in [0.15, 0.2) is 79.6 Å². The summed E-state index contributed by atoms with van der Waals surface area (Å²) in [5.41, 5.74) is 1.91. The lowest BCUT2D eigenvalue weighted by molar-refractivity contribution is 0.0225. The molecular weight excluding hydrogens is 599 g/mol. The normalized spacial score (nSPS) is 16.2. The van der Waals surface area contributed by atoms with Crippen molar-refractivity contribution in [3.05, 3.63) is 108 Å². The fourth-order valence-corrected chi connectivity index (χ4v) is 4.49. The first-order chi connectivity index (χ1) is 22.5. The highest BCUT2D eigenvalue weighted by atomic mass is 19.1. The Hall–Kier alpha value is -5.81. The Morgan fingerprint density at radius 2 is 1.15 bits per heavy atom. The second kappa shape index (κ2) is 14.1. The molecule has 0 spiro atoms. The number of carbonyl (C=O) groups excluding carboxylic acids is 2. The molecule has 4 aromatic heterocycles. The third-order valence-corrected chi connectivity index (χ3v) is 7.16. The predicted molar refractivity (Wildman–Crippen MR) is 174 cm³/mol. The summed E-state index contributed by atoms with van der Waals surface area (Å²) in [5, 5.41) is 0. The molecule has 2 aliphatic heterocycles. The zero-order valence-corrected chi connectivity index (χ0v) is 26.5. The second-order valence-corrected chi connectivity index (χ2v) is 12.0. The van der Waals surface area contributed by atoms with Gasteiger partial charge in [-0.15, -0.1) is 0 Å². The van der Waals surface area contributed by atoms with E-state index >= 15 is 0 Å². The number of anilines is 2. The molecule has 6 heterocycles. The molecule has 2 amide bonds. The Labute approximate surface area is 273 Å². The quantitative estimate of drug-likeness (QED) is 0.242. The topological polar surface area (TPSA) is 111 Å². The molecule has 10 nitrogen and oxygen atoms in total. The lowest BCUT2D eigenvalue weighted by atomic mass is 10.0. The van der Waals surface area contributed by atoms with Crippen LogP contribution < -0.4 is 9.80 Å². The van der Waals surface area contributed by atoms with Gasteiger partial charge in [-0.3, -0.25) is 19.8 Å². The number of carbonyl (C=O) groups is 2. The van der Waals surface area contributed by atoms with Crippen LogP contribution in [-0.2, 0) is 9.47 Å². The Morgan fingerprint density at radius 3 is 1.57 bits per heavy atom. The molecule has 0 saturated carbocycles. The van der Waals surface area contributed by atoms with Crippen LogP contribution in [0.5, 0.6) is 0 Å². The number of hydrogen-bond acceptors (Lipinski definition) is 8. The summed E-state index contributed by atoms with van der Waals surface area (Å²) >= 11 is 0. The van der Waals surface area contributed by atoms with Gasteiger partial charge in [0, 0.05) is 79.2 Å². The monoisotopic (exact) mass is 632 g/mol. The van der Waals surface area contributed by atoms with Gasteiger partial charge in [-0.05, 0) is 70.2 Å². The number of halogens is 1. The van der Waals surface area contributed by atoms with Gasteiger partial charge < -0.3 is 9.47 Å². The smallest absolute Gasteiger partial charge is 0.416 e. The molecule has 2 fully saturated rings. The van der Waals surface area contributed by atoms with E-state index < -0.39 is 23.1 Å². The van der Waals surface area contributed by atoms with Crippen molar-refractivity contribution in [3.8, 4) is 23.7 Å². The molecule has 0 bridgehead atoms. The fourth-order valence-electron chi connectivity index (χ4n) is 4.49. The SMILES string of the molecule is CC1(C)CCN(c2ccc(C#Cc3cccnc3)cn2)C(=O)O1.CC1(C)CCN(c2ccc(C#Cc3cncc(F)c3)cn2)C(=O)O1. The first kappa shape index (κ1) is 32.6. The predicted octanol–water partition coefficient (Wildman–Crippen LogP) is 6.14. The summed E-state index contributed by atoms with van der Waals surface area (Å²) in [4.78, 5) is 43.4. The molecule has 0 aliphatic carbocycles. The van der Waals surface area contributed by atoms with Crippen LogP contribution in [-0.4, -0.2) is 56.4 Å². The average Bonchev–Trinajstić information content (AvgIpc) is 3.04. The van der Waals surface area contributed by atoms with Gasteiger partial charge in [-0.1, -0.05) is 23.7 Å². The van der Waals surface area contributed by atoms with Crippen molar-refractivity contribution < 1.29 is 23.5 Å². The standard InChI is InChI=1S/C18H16FN3O2.C18H17N3O2/c1-18(2)7-8-22(17(23)24-18)16-6-5-13(11-21-16)3-4-14-9-15(19)12-20-10-14;1-18(2)9-11-21(17(22)23-18)16-8-7-15(13-20-16)6-5-14-4-3-10-19-12-14/h5-6,9-12H,7-8H2,1-2H3;3-4,7-8,10,12-13H,9,11H2,1-2H3. The summed E-state index contributed by atoms with van der Waals surface area (Å²) in [7, 11) is 0. The van der Waals surface area contributed by atoms with Crippen molar-refractivity contribution >= 4 is 23.8 Å². The van der Waals surface area contributed by atoms with Crippen molar-refractivity contribution in [1.29, 1.82) is 0 Å². The third kappa shape index (κ3) is 9.12. The Morgan fingerprint density at radius 1 is 0.660 bits per heavy atom. The van der Waals surface area contributed by atoms with Gasteiger partial charge in [0.05, 0.1) is 6.20 Å². The Kier molecular flexibility index (Phi) is 9.77. The Balaban J connectivity index is 0.000000185. The van der Waals surface area contributed by atoms with Crippen molar-refractivity contribution in [2.75, 3.05) is 22.9 Å². The number of cyclic esters (lactones) is 2. The highest BCUT2D eigenvalue weighted by Gasteiger charge is 2.35. The summed E-state index contributed by atoms with van der Waals surface area (Å²) in [5.74, 6) is 12.4. The maximum absolute atomic E-state index is 13.1. The minimum atomic E-state index is -0.446. The zero-order valence-electron chi connectivity index (χ0n) is 26.5. The largest absolute Gasteiger partial charge is 0.443 e. The molecule has 0 radical (unpaired) electrons. The minimum Gasteiger partial charge on any atom is -0.443 e. The molecule has 11 heteroatoms. The van der Waals surface area contributed by atoms with Crippen molar-refractivity contribution in [3.63, 3.8) is 0 Å². The van der Waals surface area contributed by atoms with Crippen LogP contribution in [0.1, 0.15) is 62.8 Å². The molecule has 4 aromatic rings. The van der Waals surface area contributed by atoms with E-state index in [0.29, 0.717) is 35.9 Å². The van der Waals surface area contributed by atoms with Gasteiger partial charge in [0.2, 0.25) is 0 Å². The number of aromatic nitrogens is 4. The number of pyridine rings is 4. The lowest BCUT2D eigenvalue weighted by Gasteiger charge is -2.35. The summed E-state index contributed by atoms with van der Waals surface area (Å²) in [6.45, 7) is 8.74. The number of rotatable bonds is 2. The molecule has 6 rings (SSSR count). The number of hydrogen-bond donors (Lipinski definition) is 0. The van der Waals surface area contributed by atoms with Gasteiger partial charge >= 0.3 is 12.2 Å². The average molecular weight is 633 g/mol. The van der Waals surface area contributed by atoms with Crippen LogP contribution in [0.4, 0.5) is 25.6 Å². The maximum Gasteiger partial charge on any atom is 0.416 e. The van der Waals surface area contributed by atoms with Gasteiger partial charge in [-0.2, -0.15) is 0 Å². The highest BCUT2D eigenvalue weighted by molar-refractivity contribution is 5.88. The van der Waals surface area contributed by atoms with Crippen molar-refractivity contribution in [2.45, 2.75) is 51.7 Å². The van der Waals surface area contributed by atoms with E-state index in [-0.39, 0.29) is 6.09 Å². The maximum atomic E-state index is 13.1. The Bertz CT molecular complexity index is 1860. The molecule has 47 heavy (non-hydrogen) atoms. The molecule has 0 N–H and O–H groups in total. The van der Waals surface area contributed by atoms with Crippen LogP contribution in [0.2, 0.25) is 0 Å². The summed E-state index contributed by atoms with van der Waals surface area (Å²) in [6.07, 6.45) is 10.0. The molecule has 0 atom stereocenters. The second-order valence-electron chi connectivity index (χ2n) is 12.0. The number of amides is 2. The van der Waals surface area contributed by atoms with E-state index in [1.54, 1.807) is 47.9 Å². The van der Waals surface area contributed by atoms with Crippen molar-refractivity contribution in [1.82, 2.24) is 19.9 Å². The van der Waals surface area contributed by atoms with Gasteiger partial charge in [-0.25, -0.2) is 23.9 Å². The number of nitrogens with zero attached hydrogens (tertiary/aromatic N) is 6. The van der Waals surface area contributed by atoms with Gasteiger partial charge in [0.1, 0.15) is 28.7 Å². The van der Waals surface area contributed by atoms with Crippen LogP contribution >= 0.6 is 0 Å². The molecule has 238 valence electrons. The molecule has 2 aliphatic rings. The number of ether oxygens (including phenoxy) is 2. The first-order valence-corrected chi connectivity index (χ1v) is 14.9.